The maximum Gasteiger partial charge on any atom is 0.316 e. The minimum atomic E-state index is -1.46. The number of aliphatic carboxylic acids is 2. The Bertz CT molecular complexity index is 478. The van der Waals surface area contributed by atoms with E-state index in [0.717, 1.165) is 19.3 Å². The zero-order chi connectivity index (χ0) is 21.4. The monoisotopic (exact) mass is 402 g/mol. The number of hydrogen-bond acceptors (Lipinski definition) is 6. The van der Waals surface area contributed by atoms with E-state index in [-0.39, 0.29) is 38.9 Å². The number of unbranched alkanes of at least 4 members (excludes halogenated alkanes) is 4. The first kappa shape index (κ1) is 25.9. The van der Waals surface area contributed by atoms with Crippen molar-refractivity contribution in [2.75, 3.05) is 13.2 Å². The van der Waals surface area contributed by atoms with E-state index < -0.39 is 29.3 Å². The lowest BCUT2D eigenvalue weighted by molar-refractivity contribution is -0.168. The number of ether oxygens (including phenoxy) is 2. The van der Waals surface area contributed by atoms with Crippen LogP contribution < -0.4 is 0 Å². The highest BCUT2D eigenvalue weighted by molar-refractivity contribution is 5.77. The third-order valence-electron chi connectivity index (χ3n) is 4.43. The van der Waals surface area contributed by atoms with Gasteiger partial charge in [-0.2, -0.15) is 0 Å². The van der Waals surface area contributed by atoms with Crippen LogP contribution >= 0.6 is 0 Å². The van der Waals surface area contributed by atoms with Gasteiger partial charge in [-0.25, -0.2) is 0 Å². The zero-order valence-corrected chi connectivity index (χ0v) is 17.0. The molecule has 0 saturated carbocycles. The summed E-state index contributed by atoms with van der Waals surface area (Å²) >= 11 is 0. The Morgan fingerprint density at radius 3 is 1.61 bits per heavy atom. The SMILES string of the molecule is CCCC(=O)OCC(CCCCCCCC(=O)O)(COC(=O)CCC)C(=O)O. The van der Waals surface area contributed by atoms with Crippen molar-refractivity contribution in [1.82, 2.24) is 0 Å². The van der Waals surface area contributed by atoms with Crippen molar-refractivity contribution >= 4 is 23.9 Å². The van der Waals surface area contributed by atoms with Crippen LogP contribution in [0.15, 0.2) is 0 Å². The number of carbonyl (C=O) groups excluding carboxylic acids is 2. The summed E-state index contributed by atoms with van der Waals surface area (Å²) in [5, 5.41) is 18.4. The molecule has 0 bridgehead atoms. The summed E-state index contributed by atoms with van der Waals surface area (Å²) in [5.41, 5.74) is -1.46. The predicted octanol–water partition coefficient (Wildman–Crippen LogP) is 3.56. The van der Waals surface area contributed by atoms with E-state index >= 15 is 0 Å². The zero-order valence-electron chi connectivity index (χ0n) is 17.0. The molecule has 0 saturated heterocycles. The Hall–Kier alpha value is -2.12. The van der Waals surface area contributed by atoms with Gasteiger partial charge in [-0.15, -0.1) is 0 Å². The molecule has 0 rings (SSSR count). The molecule has 28 heavy (non-hydrogen) atoms. The highest BCUT2D eigenvalue weighted by Gasteiger charge is 2.41. The summed E-state index contributed by atoms with van der Waals surface area (Å²) in [7, 11) is 0. The van der Waals surface area contributed by atoms with Gasteiger partial charge in [0.05, 0.1) is 0 Å². The number of rotatable bonds is 17. The minimum Gasteiger partial charge on any atom is -0.481 e. The summed E-state index contributed by atoms with van der Waals surface area (Å²) in [6, 6.07) is 0. The maximum atomic E-state index is 12.0. The molecule has 0 spiro atoms. The molecule has 0 aromatic heterocycles. The van der Waals surface area contributed by atoms with Crippen LogP contribution in [0.3, 0.4) is 0 Å². The van der Waals surface area contributed by atoms with Gasteiger partial charge >= 0.3 is 23.9 Å². The molecule has 0 fully saturated rings. The van der Waals surface area contributed by atoms with Crippen molar-refractivity contribution in [2.24, 2.45) is 5.41 Å². The van der Waals surface area contributed by atoms with Crippen molar-refractivity contribution in [2.45, 2.75) is 84.5 Å². The van der Waals surface area contributed by atoms with Gasteiger partial charge in [0.1, 0.15) is 18.6 Å². The average molecular weight is 402 g/mol. The summed E-state index contributed by atoms with van der Waals surface area (Å²) in [5.74, 6) is -2.93. The highest BCUT2D eigenvalue weighted by atomic mass is 16.6. The van der Waals surface area contributed by atoms with Gasteiger partial charge in [-0.05, 0) is 25.7 Å². The van der Waals surface area contributed by atoms with Crippen LogP contribution in [0.4, 0.5) is 0 Å². The molecule has 0 unspecified atom stereocenters. The van der Waals surface area contributed by atoms with Crippen molar-refractivity contribution in [3.8, 4) is 0 Å². The molecule has 0 aromatic carbocycles. The van der Waals surface area contributed by atoms with Crippen LogP contribution in [0.25, 0.3) is 0 Å². The van der Waals surface area contributed by atoms with E-state index in [1.54, 1.807) is 0 Å². The maximum absolute atomic E-state index is 12.0. The third-order valence-corrected chi connectivity index (χ3v) is 4.43. The van der Waals surface area contributed by atoms with Gasteiger partial charge < -0.3 is 19.7 Å². The Kier molecular flexibility index (Phi) is 13.8. The third kappa shape index (κ3) is 11.6. The van der Waals surface area contributed by atoms with Crippen molar-refractivity contribution < 1.29 is 38.9 Å². The lowest BCUT2D eigenvalue weighted by Crippen LogP contribution is -2.41. The van der Waals surface area contributed by atoms with E-state index in [0.29, 0.717) is 25.7 Å². The summed E-state index contributed by atoms with van der Waals surface area (Å²) in [6.45, 7) is 2.98. The second-order valence-corrected chi connectivity index (χ2v) is 7.07. The van der Waals surface area contributed by atoms with Crippen LogP contribution in [-0.4, -0.2) is 47.3 Å². The van der Waals surface area contributed by atoms with E-state index in [1.807, 2.05) is 13.8 Å². The summed E-state index contributed by atoms with van der Waals surface area (Å²) < 4.78 is 10.3. The quantitative estimate of drug-likeness (QED) is 0.279. The lowest BCUT2D eigenvalue weighted by Gasteiger charge is -2.28. The van der Waals surface area contributed by atoms with Gasteiger partial charge in [-0.3, -0.25) is 19.2 Å². The first-order chi connectivity index (χ1) is 13.3. The smallest absolute Gasteiger partial charge is 0.316 e. The lowest BCUT2D eigenvalue weighted by atomic mass is 9.83. The molecule has 8 nitrogen and oxygen atoms in total. The number of carbonyl (C=O) groups is 4. The Labute approximate surface area is 166 Å². The van der Waals surface area contributed by atoms with Gasteiger partial charge in [0, 0.05) is 19.3 Å². The van der Waals surface area contributed by atoms with E-state index in [9.17, 15) is 24.3 Å². The van der Waals surface area contributed by atoms with Gasteiger partial charge in [0.15, 0.2) is 0 Å². The van der Waals surface area contributed by atoms with Gasteiger partial charge in [0.2, 0.25) is 0 Å². The summed E-state index contributed by atoms with van der Waals surface area (Å²) in [6.07, 6.45) is 5.34. The average Bonchev–Trinajstić information content (AvgIpc) is 2.62. The second kappa shape index (κ2) is 14.9. The Morgan fingerprint density at radius 1 is 0.714 bits per heavy atom. The Morgan fingerprint density at radius 2 is 1.18 bits per heavy atom. The van der Waals surface area contributed by atoms with Crippen LogP contribution in [0.1, 0.15) is 84.5 Å². The molecule has 0 aromatic rings. The van der Waals surface area contributed by atoms with Gasteiger partial charge in [-0.1, -0.05) is 39.5 Å². The standard InChI is InChI=1S/C20H34O8/c1-3-10-17(23)27-14-20(19(25)26,15-28-18(24)11-4-2)13-9-7-5-6-8-12-16(21)22/h3-15H2,1-2H3,(H,21,22)(H,25,26). The molecule has 0 heterocycles. The fraction of sp³-hybridized carbons (Fsp3) is 0.800. The second-order valence-electron chi connectivity index (χ2n) is 7.07. The molecule has 0 aliphatic carbocycles. The van der Waals surface area contributed by atoms with Crippen molar-refractivity contribution in [3.05, 3.63) is 0 Å². The molecule has 162 valence electrons. The highest BCUT2D eigenvalue weighted by Crippen LogP contribution is 2.28. The predicted molar refractivity (Wildman–Crippen MR) is 102 cm³/mol. The van der Waals surface area contributed by atoms with E-state index in [2.05, 4.69) is 0 Å². The Balaban J connectivity index is 4.76. The number of esters is 2. The fourth-order valence-electron chi connectivity index (χ4n) is 2.68. The molecule has 0 aliphatic rings. The first-order valence-electron chi connectivity index (χ1n) is 10.0. The molecule has 8 heteroatoms. The largest absolute Gasteiger partial charge is 0.481 e. The molecule has 2 N–H and O–H groups in total. The molecule has 0 aliphatic heterocycles. The van der Waals surface area contributed by atoms with Gasteiger partial charge in [0.25, 0.3) is 0 Å². The minimum absolute atomic E-state index is 0.125. The molecule has 0 atom stereocenters. The number of carboxylic acid groups (broad SMARTS) is 2. The van der Waals surface area contributed by atoms with Crippen molar-refractivity contribution in [3.63, 3.8) is 0 Å². The summed E-state index contributed by atoms with van der Waals surface area (Å²) in [4.78, 5) is 45.8. The van der Waals surface area contributed by atoms with Crippen molar-refractivity contribution in [1.29, 1.82) is 0 Å². The van der Waals surface area contributed by atoms with Crippen LogP contribution in [-0.2, 0) is 28.7 Å². The molecular weight excluding hydrogens is 368 g/mol. The van der Waals surface area contributed by atoms with Crippen LogP contribution in [0, 0.1) is 5.41 Å². The molecular formula is C20H34O8. The topological polar surface area (TPSA) is 127 Å². The van der Waals surface area contributed by atoms with Crippen LogP contribution in [0.2, 0.25) is 0 Å². The number of hydrogen-bond donors (Lipinski definition) is 2. The van der Waals surface area contributed by atoms with E-state index in [1.165, 1.54) is 0 Å². The fourth-order valence-corrected chi connectivity index (χ4v) is 2.68. The molecule has 0 radical (unpaired) electrons. The molecule has 0 amide bonds. The van der Waals surface area contributed by atoms with E-state index in [4.69, 9.17) is 14.6 Å². The first-order valence-corrected chi connectivity index (χ1v) is 10.0. The normalized spacial score (nSPS) is 11.1. The van der Waals surface area contributed by atoms with Crippen LogP contribution in [0.5, 0.6) is 0 Å². The number of carboxylic acids is 2.